The quantitative estimate of drug-likeness (QED) is 0.746. The third-order valence-corrected chi connectivity index (χ3v) is 3.26. The summed E-state index contributed by atoms with van der Waals surface area (Å²) in [6.07, 6.45) is 3.36. The Morgan fingerprint density at radius 1 is 1.15 bits per heavy atom. The first-order valence-corrected chi connectivity index (χ1v) is 6.17. The van der Waals surface area contributed by atoms with Crippen molar-refractivity contribution in [1.82, 2.24) is 4.98 Å². The third-order valence-electron chi connectivity index (χ3n) is 3.26. The molecule has 0 saturated carbocycles. The molecule has 0 aliphatic heterocycles. The zero-order chi connectivity index (χ0) is 14.3. The highest BCUT2D eigenvalue weighted by Crippen LogP contribution is 2.38. The summed E-state index contributed by atoms with van der Waals surface area (Å²) in [5, 5.41) is 0.783. The highest BCUT2D eigenvalue weighted by Gasteiger charge is 2.15. The van der Waals surface area contributed by atoms with Crippen molar-refractivity contribution in [3.05, 3.63) is 36.2 Å². The molecule has 0 unspecified atom stereocenters. The number of aryl methyl sites for hydroxylation is 1. The van der Waals surface area contributed by atoms with Crippen LogP contribution in [-0.2, 0) is 0 Å². The number of furan rings is 1. The second kappa shape index (κ2) is 4.45. The van der Waals surface area contributed by atoms with E-state index < -0.39 is 0 Å². The number of fused-ring (bicyclic) bond motifs is 1. The fourth-order valence-corrected chi connectivity index (χ4v) is 2.33. The summed E-state index contributed by atoms with van der Waals surface area (Å²) in [5.74, 6) is 1.00. The maximum absolute atomic E-state index is 6.01. The lowest BCUT2D eigenvalue weighted by molar-refractivity contribution is 0.414. The SMILES string of the molecule is COc1cc(C)cc(-c2cncc3oc(N)c(N)c23)c1. The minimum Gasteiger partial charge on any atom is -0.497 e. The van der Waals surface area contributed by atoms with E-state index in [1.807, 2.05) is 25.1 Å². The molecule has 5 nitrogen and oxygen atoms in total. The van der Waals surface area contributed by atoms with Gasteiger partial charge in [-0.05, 0) is 30.2 Å². The minimum atomic E-state index is 0.217. The number of nitrogens with zero attached hydrogens (tertiary/aromatic N) is 1. The normalized spacial score (nSPS) is 10.9. The van der Waals surface area contributed by atoms with E-state index in [0.717, 1.165) is 27.8 Å². The molecule has 1 aromatic carbocycles. The first kappa shape index (κ1) is 12.3. The molecule has 0 atom stereocenters. The van der Waals surface area contributed by atoms with E-state index in [2.05, 4.69) is 4.98 Å². The molecule has 5 heteroatoms. The maximum atomic E-state index is 6.01. The topological polar surface area (TPSA) is 87.3 Å². The lowest BCUT2D eigenvalue weighted by Crippen LogP contribution is -1.92. The minimum absolute atomic E-state index is 0.217. The molecule has 0 saturated heterocycles. The molecule has 102 valence electrons. The van der Waals surface area contributed by atoms with Gasteiger partial charge in [0.1, 0.15) is 11.4 Å². The van der Waals surface area contributed by atoms with E-state index in [9.17, 15) is 0 Å². The molecule has 3 aromatic rings. The average Bonchev–Trinajstić information content (AvgIpc) is 2.73. The van der Waals surface area contributed by atoms with Gasteiger partial charge in [0.15, 0.2) is 5.58 Å². The number of benzene rings is 1. The fraction of sp³-hybridized carbons (Fsp3) is 0.133. The predicted molar refractivity (Wildman–Crippen MR) is 79.6 cm³/mol. The average molecular weight is 269 g/mol. The van der Waals surface area contributed by atoms with Gasteiger partial charge in [-0.25, -0.2) is 0 Å². The molecule has 4 N–H and O–H groups in total. The van der Waals surface area contributed by atoms with Gasteiger partial charge in [-0.3, -0.25) is 4.98 Å². The van der Waals surface area contributed by atoms with Gasteiger partial charge in [-0.15, -0.1) is 0 Å². The molecule has 3 rings (SSSR count). The third kappa shape index (κ3) is 1.84. The van der Waals surface area contributed by atoms with Crippen molar-refractivity contribution in [1.29, 1.82) is 0 Å². The van der Waals surface area contributed by atoms with Gasteiger partial charge in [0, 0.05) is 11.8 Å². The number of nitrogens with two attached hydrogens (primary N) is 2. The Balaban J connectivity index is 2.32. The molecule has 0 fully saturated rings. The monoisotopic (exact) mass is 269 g/mol. The molecule has 0 radical (unpaired) electrons. The standard InChI is InChI=1S/C15H15N3O2/c1-8-3-9(5-10(4-8)19-2)11-6-18-7-12-13(11)14(16)15(17)20-12/h3-7H,16-17H2,1-2H3. The number of hydrogen-bond acceptors (Lipinski definition) is 5. The van der Waals surface area contributed by atoms with Crippen molar-refractivity contribution in [3.63, 3.8) is 0 Å². The van der Waals surface area contributed by atoms with Gasteiger partial charge >= 0.3 is 0 Å². The van der Waals surface area contributed by atoms with Crippen LogP contribution in [0.3, 0.4) is 0 Å². The highest BCUT2D eigenvalue weighted by molar-refractivity contribution is 6.05. The van der Waals surface area contributed by atoms with E-state index in [0.29, 0.717) is 11.3 Å². The van der Waals surface area contributed by atoms with Crippen LogP contribution in [0.2, 0.25) is 0 Å². The predicted octanol–water partition coefficient (Wildman–Crippen LogP) is 2.98. The second-order valence-electron chi connectivity index (χ2n) is 4.68. The molecule has 0 aliphatic carbocycles. The number of methoxy groups -OCH3 is 1. The summed E-state index contributed by atoms with van der Waals surface area (Å²) in [4.78, 5) is 4.18. The van der Waals surface area contributed by atoms with Gasteiger partial charge < -0.3 is 20.6 Å². The molecule has 0 amide bonds. The molecular weight excluding hydrogens is 254 g/mol. The molecule has 0 bridgehead atoms. The molecule has 0 aliphatic rings. The Labute approximate surface area is 116 Å². The summed E-state index contributed by atoms with van der Waals surface area (Å²) in [5.41, 5.74) is 15.7. The highest BCUT2D eigenvalue weighted by atomic mass is 16.5. The Hall–Kier alpha value is -2.69. The maximum Gasteiger partial charge on any atom is 0.214 e. The van der Waals surface area contributed by atoms with Gasteiger partial charge in [0.25, 0.3) is 0 Å². The Kier molecular flexibility index (Phi) is 2.75. The molecular formula is C15H15N3O2. The van der Waals surface area contributed by atoms with Crippen molar-refractivity contribution in [2.75, 3.05) is 18.6 Å². The van der Waals surface area contributed by atoms with Crippen LogP contribution >= 0.6 is 0 Å². The zero-order valence-electron chi connectivity index (χ0n) is 11.3. The molecule has 20 heavy (non-hydrogen) atoms. The number of nitrogen functional groups attached to an aromatic ring is 2. The van der Waals surface area contributed by atoms with Crippen molar-refractivity contribution in [2.24, 2.45) is 0 Å². The van der Waals surface area contributed by atoms with Gasteiger partial charge in [0.2, 0.25) is 5.88 Å². The Morgan fingerprint density at radius 2 is 1.95 bits per heavy atom. The first-order valence-electron chi connectivity index (χ1n) is 6.17. The van der Waals surface area contributed by atoms with Gasteiger partial charge in [-0.2, -0.15) is 0 Å². The molecule has 0 spiro atoms. The van der Waals surface area contributed by atoms with Crippen LogP contribution in [0.25, 0.3) is 22.1 Å². The molecule has 2 heterocycles. The molecule has 2 aromatic heterocycles. The lowest BCUT2D eigenvalue weighted by Gasteiger charge is -2.08. The van der Waals surface area contributed by atoms with Crippen molar-refractivity contribution in [3.8, 4) is 16.9 Å². The fourth-order valence-electron chi connectivity index (χ4n) is 2.33. The summed E-state index contributed by atoms with van der Waals surface area (Å²) >= 11 is 0. The number of aromatic nitrogens is 1. The van der Waals surface area contributed by atoms with E-state index in [1.165, 1.54) is 0 Å². The van der Waals surface area contributed by atoms with Crippen molar-refractivity contribution >= 4 is 22.5 Å². The van der Waals surface area contributed by atoms with Crippen LogP contribution in [0.15, 0.2) is 35.0 Å². The largest absolute Gasteiger partial charge is 0.497 e. The van der Waals surface area contributed by atoms with E-state index >= 15 is 0 Å². The van der Waals surface area contributed by atoms with Crippen LogP contribution in [0.1, 0.15) is 5.56 Å². The summed E-state index contributed by atoms with van der Waals surface area (Å²) in [6, 6.07) is 5.94. The summed E-state index contributed by atoms with van der Waals surface area (Å²) in [7, 11) is 1.64. The number of ether oxygens (including phenoxy) is 1. The van der Waals surface area contributed by atoms with Gasteiger partial charge in [-0.1, -0.05) is 6.07 Å². The Bertz CT molecular complexity index is 793. The van der Waals surface area contributed by atoms with E-state index in [1.54, 1.807) is 19.5 Å². The zero-order valence-corrected chi connectivity index (χ0v) is 11.3. The number of hydrogen-bond donors (Lipinski definition) is 2. The van der Waals surface area contributed by atoms with Crippen molar-refractivity contribution < 1.29 is 9.15 Å². The number of rotatable bonds is 2. The first-order chi connectivity index (χ1) is 9.60. The Morgan fingerprint density at radius 3 is 2.70 bits per heavy atom. The van der Waals surface area contributed by atoms with Crippen LogP contribution in [0.4, 0.5) is 11.6 Å². The van der Waals surface area contributed by atoms with Crippen LogP contribution in [0, 0.1) is 6.92 Å². The van der Waals surface area contributed by atoms with Gasteiger partial charge in [0.05, 0.1) is 18.7 Å². The smallest absolute Gasteiger partial charge is 0.214 e. The van der Waals surface area contributed by atoms with Crippen LogP contribution in [0.5, 0.6) is 5.75 Å². The number of pyridine rings is 1. The van der Waals surface area contributed by atoms with E-state index in [4.69, 9.17) is 20.6 Å². The summed E-state index contributed by atoms with van der Waals surface area (Å²) < 4.78 is 10.7. The second-order valence-corrected chi connectivity index (χ2v) is 4.68. The van der Waals surface area contributed by atoms with Crippen LogP contribution < -0.4 is 16.2 Å². The van der Waals surface area contributed by atoms with E-state index in [-0.39, 0.29) is 5.88 Å². The lowest BCUT2D eigenvalue weighted by atomic mass is 10.0. The van der Waals surface area contributed by atoms with Crippen LogP contribution in [-0.4, -0.2) is 12.1 Å². The van der Waals surface area contributed by atoms with Crippen molar-refractivity contribution in [2.45, 2.75) is 6.92 Å². The number of anilines is 2. The summed E-state index contributed by atoms with van der Waals surface area (Å²) in [6.45, 7) is 2.01.